The second-order valence-corrected chi connectivity index (χ2v) is 9.36. The van der Waals surface area contributed by atoms with Crippen LogP contribution in [0, 0.1) is 0 Å². The van der Waals surface area contributed by atoms with Gasteiger partial charge >= 0.3 is 0 Å². The third kappa shape index (κ3) is 7.62. The van der Waals surface area contributed by atoms with Gasteiger partial charge in [0.1, 0.15) is 5.75 Å². The summed E-state index contributed by atoms with van der Waals surface area (Å²) in [6, 6.07) is 34.4. The van der Waals surface area contributed by atoms with Crippen molar-refractivity contribution in [2.45, 2.75) is 18.9 Å². The minimum Gasteiger partial charge on any atom is -0.493 e. The van der Waals surface area contributed by atoms with Crippen molar-refractivity contribution < 1.29 is 19.0 Å². The largest absolute Gasteiger partial charge is 0.493 e. The van der Waals surface area contributed by atoms with Crippen LogP contribution >= 0.6 is 0 Å². The van der Waals surface area contributed by atoms with E-state index in [0.29, 0.717) is 29.4 Å². The highest BCUT2D eigenvalue weighted by Gasteiger charge is 2.19. The lowest BCUT2D eigenvalue weighted by atomic mass is 9.90. The molecule has 6 nitrogen and oxygen atoms in total. The second-order valence-electron chi connectivity index (χ2n) is 9.36. The first-order valence-corrected chi connectivity index (χ1v) is 13.1. The number of hydrogen-bond donors (Lipinski definition) is 1. The summed E-state index contributed by atoms with van der Waals surface area (Å²) < 4.78 is 17.0. The van der Waals surface area contributed by atoms with Gasteiger partial charge in [-0.15, -0.1) is 0 Å². The fourth-order valence-electron chi connectivity index (χ4n) is 4.77. The van der Waals surface area contributed by atoms with E-state index in [0.717, 1.165) is 31.6 Å². The predicted octanol–water partition coefficient (Wildman–Crippen LogP) is 5.91. The van der Waals surface area contributed by atoms with Crippen LogP contribution in [-0.2, 0) is 6.54 Å². The third-order valence-electron chi connectivity index (χ3n) is 6.73. The minimum atomic E-state index is -0.491. The van der Waals surface area contributed by atoms with Gasteiger partial charge in [0.25, 0.3) is 5.91 Å². The molecule has 0 bridgehead atoms. The first-order chi connectivity index (χ1) is 19.1. The molecule has 0 fully saturated rings. The van der Waals surface area contributed by atoms with E-state index in [9.17, 15) is 4.79 Å². The predicted molar refractivity (Wildman–Crippen MR) is 155 cm³/mol. The van der Waals surface area contributed by atoms with Crippen molar-refractivity contribution in [2.24, 2.45) is 5.73 Å². The van der Waals surface area contributed by atoms with Gasteiger partial charge in [-0.2, -0.15) is 0 Å². The molecule has 39 heavy (non-hydrogen) atoms. The lowest BCUT2D eigenvalue weighted by Gasteiger charge is -2.29. The summed E-state index contributed by atoms with van der Waals surface area (Å²) in [6.45, 7) is 2.81. The van der Waals surface area contributed by atoms with Crippen LogP contribution in [0.4, 0.5) is 0 Å². The second kappa shape index (κ2) is 14.0. The molecule has 0 aliphatic carbocycles. The normalized spacial score (nSPS) is 11.0. The molecule has 4 aromatic carbocycles. The van der Waals surface area contributed by atoms with E-state index in [1.165, 1.54) is 11.1 Å². The smallest absolute Gasteiger partial charge is 0.252 e. The van der Waals surface area contributed by atoms with Crippen molar-refractivity contribution in [1.82, 2.24) is 4.90 Å². The zero-order chi connectivity index (χ0) is 27.5. The minimum absolute atomic E-state index is 0.198. The van der Waals surface area contributed by atoms with Crippen LogP contribution in [0.3, 0.4) is 0 Å². The number of carbonyl (C=O) groups is 1. The maximum atomic E-state index is 11.8. The van der Waals surface area contributed by atoms with Gasteiger partial charge in [-0.1, -0.05) is 78.9 Å². The Hall–Kier alpha value is -4.29. The summed E-state index contributed by atoms with van der Waals surface area (Å²) in [5, 5.41) is 0. The number of rotatable bonds is 14. The maximum Gasteiger partial charge on any atom is 0.252 e. The third-order valence-corrected chi connectivity index (χ3v) is 6.73. The summed E-state index contributed by atoms with van der Waals surface area (Å²) in [5.74, 6) is 1.64. The molecule has 0 saturated carbocycles. The average Bonchev–Trinajstić information content (AvgIpc) is 2.98. The van der Waals surface area contributed by atoms with Crippen molar-refractivity contribution in [3.8, 4) is 17.2 Å². The number of hydrogen-bond acceptors (Lipinski definition) is 5. The fraction of sp³-hybridized carbons (Fsp3) is 0.242. The van der Waals surface area contributed by atoms with Crippen molar-refractivity contribution in [3.63, 3.8) is 0 Å². The zero-order valence-electron chi connectivity index (χ0n) is 22.6. The standard InChI is InChI=1S/C33H36N2O4/c1-37-31-19-18-25(22-32(31)38-2)23-35(20-11-21-39-30-17-10-9-16-28(30)33(34)36)24-29(26-12-5-3-6-13-26)27-14-7-4-8-15-27/h3-10,12-19,22,29H,11,20-21,23-24H2,1-2H3,(H2,34,36). The van der Waals surface area contributed by atoms with Gasteiger partial charge in [0.15, 0.2) is 11.5 Å². The molecule has 0 aromatic heterocycles. The molecule has 202 valence electrons. The van der Waals surface area contributed by atoms with E-state index in [4.69, 9.17) is 19.9 Å². The van der Waals surface area contributed by atoms with E-state index in [2.05, 4.69) is 59.5 Å². The highest BCUT2D eigenvalue weighted by atomic mass is 16.5. The van der Waals surface area contributed by atoms with Gasteiger partial charge in [0, 0.05) is 25.6 Å². The molecule has 0 radical (unpaired) electrons. The molecular formula is C33H36N2O4. The molecule has 0 heterocycles. The van der Waals surface area contributed by atoms with Crippen LogP contribution in [0.5, 0.6) is 17.2 Å². The topological polar surface area (TPSA) is 74.0 Å². The van der Waals surface area contributed by atoms with Crippen molar-refractivity contribution in [3.05, 3.63) is 125 Å². The Labute approximate surface area is 230 Å². The number of methoxy groups -OCH3 is 2. The average molecular weight is 525 g/mol. The Morgan fingerprint density at radius 3 is 2.00 bits per heavy atom. The van der Waals surface area contributed by atoms with E-state index in [1.807, 2.05) is 30.3 Å². The molecule has 0 aliphatic heterocycles. The molecule has 0 spiro atoms. The van der Waals surface area contributed by atoms with Gasteiger partial charge in [0.05, 0.1) is 26.4 Å². The molecule has 0 saturated heterocycles. The van der Waals surface area contributed by atoms with Crippen LogP contribution in [0.1, 0.15) is 39.4 Å². The number of nitrogens with two attached hydrogens (primary N) is 1. The monoisotopic (exact) mass is 524 g/mol. The van der Waals surface area contributed by atoms with E-state index < -0.39 is 5.91 Å². The Balaban J connectivity index is 1.54. The zero-order valence-corrected chi connectivity index (χ0v) is 22.6. The van der Waals surface area contributed by atoms with Crippen molar-refractivity contribution in [1.29, 1.82) is 0 Å². The quantitative estimate of drug-likeness (QED) is 0.208. The summed E-state index contributed by atoms with van der Waals surface area (Å²) in [4.78, 5) is 14.2. The van der Waals surface area contributed by atoms with Crippen molar-refractivity contribution >= 4 is 5.91 Å². The molecule has 4 rings (SSSR count). The Morgan fingerprint density at radius 1 is 0.769 bits per heavy atom. The number of ether oxygens (including phenoxy) is 3. The Morgan fingerprint density at radius 2 is 1.38 bits per heavy atom. The van der Waals surface area contributed by atoms with E-state index in [1.54, 1.807) is 32.4 Å². The summed E-state index contributed by atoms with van der Waals surface area (Å²) >= 11 is 0. The SMILES string of the molecule is COc1ccc(CN(CCCOc2ccccc2C(N)=O)CC(c2ccccc2)c2ccccc2)cc1OC. The van der Waals surface area contributed by atoms with Gasteiger partial charge in [0.2, 0.25) is 0 Å². The number of primary amides is 1. The molecule has 0 unspecified atom stereocenters. The first kappa shape index (κ1) is 27.7. The summed E-state index contributed by atoms with van der Waals surface area (Å²) in [5.41, 5.74) is 9.59. The number of benzene rings is 4. The molecule has 2 N–H and O–H groups in total. The Kier molecular flexibility index (Phi) is 9.98. The van der Waals surface area contributed by atoms with Crippen LogP contribution in [0.15, 0.2) is 103 Å². The molecular weight excluding hydrogens is 488 g/mol. The van der Waals surface area contributed by atoms with Crippen LogP contribution in [0.25, 0.3) is 0 Å². The Bertz CT molecular complexity index is 1290. The highest BCUT2D eigenvalue weighted by molar-refractivity contribution is 5.95. The van der Waals surface area contributed by atoms with Crippen LogP contribution < -0.4 is 19.9 Å². The molecule has 0 aliphatic rings. The number of amides is 1. The fourth-order valence-corrected chi connectivity index (χ4v) is 4.77. The first-order valence-electron chi connectivity index (χ1n) is 13.1. The highest BCUT2D eigenvalue weighted by Crippen LogP contribution is 2.30. The summed E-state index contributed by atoms with van der Waals surface area (Å²) in [6.07, 6.45) is 0.774. The number of nitrogens with zero attached hydrogens (tertiary/aromatic N) is 1. The van der Waals surface area contributed by atoms with E-state index >= 15 is 0 Å². The number of para-hydroxylation sites is 1. The lowest BCUT2D eigenvalue weighted by molar-refractivity contribution is 0.0996. The molecule has 6 heteroatoms. The molecule has 4 aromatic rings. The molecule has 0 atom stereocenters. The van der Waals surface area contributed by atoms with Crippen molar-refractivity contribution in [2.75, 3.05) is 33.9 Å². The van der Waals surface area contributed by atoms with Crippen LogP contribution in [0.2, 0.25) is 0 Å². The number of carbonyl (C=O) groups excluding carboxylic acids is 1. The van der Waals surface area contributed by atoms with E-state index in [-0.39, 0.29) is 5.92 Å². The van der Waals surface area contributed by atoms with Gasteiger partial charge in [-0.3, -0.25) is 9.69 Å². The maximum absolute atomic E-state index is 11.8. The lowest BCUT2D eigenvalue weighted by Crippen LogP contribution is -2.31. The summed E-state index contributed by atoms with van der Waals surface area (Å²) in [7, 11) is 3.30. The van der Waals surface area contributed by atoms with Crippen LogP contribution in [-0.4, -0.2) is 44.7 Å². The van der Waals surface area contributed by atoms with Gasteiger partial charge in [-0.05, 0) is 47.4 Å². The molecule has 1 amide bonds. The van der Waals surface area contributed by atoms with Gasteiger partial charge < -0.3 is 19.9 Å². The van der Waals surface area contributed by atoms with Gasteiger partial charge in [-0.25, -0.2) is 0 Å².